The first kappa shape index (κ1) is 30.2. The molecule has 1 aliphatic heterocycles. The van der Waals surface area contributed by atoms with Gasteiger partial charge in [0.2, 0.25) is 0 Å². The molecule has 10 rings (SSSR count). The van der Waals surface area contributed by atoms with Crippen LogP contribution in [0, 0.1) is 13.8 Å². The number of nitrogens with zero attached hydrogens (tertiary/aromatic N) is 3. The highest BCUT2D eigenvalue weighted by molar-refractivity contribution is 5.89. The van der Waals surface area contributed by atoms with Gasteiger partial charge in [-0.25, -0.2) is 9.97 Å². The molecule has 1 spiro atoms. The monoisotopic (exact) mass is 667 g/mol. The molecule has 0 bridgehead atoms. The molecule has 246 valence electrons. The molecule has 8 aromatic rings. The van der Waals surface area contributed by atoms with E-state index in [1.807, 2.05) is 13.0 Å². The summed E-state index contributed by atoms with van der Waals surface area (Å²) in [5, 5.41) is 0. The molecule has 3 heterocycles. The molecule has 0 amide bonds. The van der Waals surface area contributed by atoms with Crippen LogP contribution in [-0.2, 0) is 5.41 Å². The molecule has 4 nitrogen and oxygen atoms in total. The molecule has 2 aliphatic rings. The van der Waals surface area contributed by atoms with Gasteiger partial charge in [0.05, 0.1) is 16.8 Å². The number of fused-ring (bicyclic) bond motifs is 9. The van der Waals surface area contributed by atoms with Crippen LogP contribution in [0.2, 0.25) is 0 Å². The van der Waals surface area contributed by atoms with Crippen LogP contribution in [0.15, 0.2) is 164 Å². The lowest BCUT2D eigenvalue weighted by atomic mass is 9.66. The Hall–Kier alpha value is -6.65. The second-order valence-electron chi connectivity index (χ2n) is 13.6. The molecular formula is C48H33N3O. The molecule has 2 aromatic heterocycles. The topological polar surface area (TPSA) is 47.9 Å². The smallest absolute Gasteiger partial charge is 0.160 e. The summed E-state index contributed by atoms with van der Waals surface area (Å²) in [5.41, 5.74) is 15.7. The quantitative estimate of drug-likeness (QED) is 0.187. The predicted molar refractivity (Wildman–Crippen MR) is 208 cm³/mol. The number of pyridine rings is 1. The van der Waals surface area contributed by atoms with Crippen molar-refractivity contribution in [3.63, 3.8) is 0 Å². The Labute approximate surface area is 303 Å². The molecule has 0 N–H and O–H groups in total. The standard InChI is InChI=1S/C48H33N3O/c1-30-20-26-36(31(2)49-30)32-21-23-34(24-22-32)44-29-43(33-12-4-3-5-13-33)50-47(51-44)35-25-27-46-42(28-35)48(41-18-10-11-19-45(41)52-46)39-16-8-6-14-37(39)38-15-7-9-17-40(38)48/h3-29H,1-2H3. The summed E-state index contributed by atoms with van der Waals surface area (Å²) >= 11 is 0. The molecule has 6 aromatic carbocycles. The van der Waals surface area contributed by atoms with Gasteiger partial charge in [0.1, 0.15) is 11.5 Å². The van der Waals surface area contributed by atoms with Crippen LogP contribution in [0.1, 0.15) is 33.6 Å². The van der Waals surface area contributed by atoms with Crippen LogP contribution in [0.5, 0.6) is 11.5 Å². The summed E-state index contributed by atoms with van der Waals surface area (Å²) in [6.45, 7) is 4.09. The Bertz CT molecular complexity index is 2630. The molecule has 52 heavy (non-hydrogen) atoms. The first-order chi connectivity index (χ1) is 25.6. The Balaban J connectivity index is 1.17. The zero-order chi connectivity index (χ0) is 34.8. The average Bonchev–Trinajstić information content (AvgIpc) is 3.49. The first-order valence-electron chi connectivity index (χ1n) is 17.7. The molecule has 0 radical (unpaired) electrons. The fraction of sp³-hybridized carbons (Fsp3) is 0.0625. The maximum atomic E-state index is 6.69. The summed E-state index contributed by atoms with van der Waals surface area (Å²) in [6.07, 6.45) is 0. The lowest BCUT2D eigenvalue weighted by Gasteiger charge is -2.39. The molecule has 0 saturated heterocycles. The van der Waals surface area contributed by atoms with Crippen LogP contribution < -0.4 is 4.74 Å². The molecule has 0 unspecified atom stereocenters. The predicted octanol–water partition coefficient (Wildman–Crippen LogP) is 11.6. The average molecular weight is 668 g/mol. The fourth-order valence-electron chi connectivity index (χ4n) is 8.29. The Morgan fingerprint density at radius 2 is 0.962 bits per heavy atom. The van der Waals surface area contributed by atoms with Gasteiger partial charge in [-0.05, 0) is 78.1 Å². The highest BCUT2D eigenvalue weighted by Crippen LogP contribution is 2.62. The van der Waals surface area contributed by atoms with Crippen LogP contribution in [-0.4, -0.2) is 15.0 Å². The third-order valence-corrected chi connectivity index (χ3v) is 10.6. The van der Waals surface area contributed by atoms with E-state index in [9.17, 15) is 0 Å². The van der Waals surface area contributed by atoms with Gasteiger partial charge in [-0.15, -0.1) is 0 Å². The van der Waals surface area contributed by atoms with Crippen LogP contribution in [0.3, 0.4) is 0 Å². The normalized spacial score (nSPS) is 13.1. The summed E-state index contributed by atoms with van der Waals surface area (Å²) in [6, 6.07) is 57.8. The van der Waals surface area contributed by atoms with E-state index in [4.69, 9.17) is 14.7 Å². The van der Waals surface area contributed by atoms with Crippen LogP contribution >= 0.6 is 0 Å². The van der Waals surface area contributed by atoms with Gasteiger partial charge in [-0.2, -0.15) is 0 Å². The van der Waals surface area contributed by atoms with Crippen molar-refractivity contribution in [3.8, 4) is 67.7 Å². The first-order valence-corrected chi connectivity index (χ1v) is 17.7. The third-order valence-electron chi connectivity index (χ3n) is 10.6. The summed E-state index contributed by atoms with van der Waals surface area (Å²) < 4.78 is 6.69. The number of aryl methyl sites for hydroxylation is 2. The minimum absolute atomic E-state index is 0.563. The molecular weight excluding hydrogens is 635 g/mol. The zero-order valence-corrected chi connectivity index (χ0v) is 28.8. The Morgan fingerprint density at radius 3 is 1.65 bits per heavy atom. The van der Waals surface area contributed by atoms with Crippen molar-refractivity contribution in [3.05, 3.63) is 197 Å². The van der Waals surface area contributed by atoms with Crippen LogP contribution in [0.4, 0.5) is 0 Å². The van der Waals surface area contributed by atoms with Crippen molar-refractivity contribution >= 4 is 0 Å². The van der Waals surface area contributed by atoms with Gasteiger partial charge in [0.15, 0.2) is 5.82 Å². The third kappa shape index (κ3) is 4.58. The van der Waals surface area contributed by atoms with E-state index in [1.165, 1.54) is 22.3 Å². The second kappa shape index (κ2) is 11.7. The minimum atomic E-state index is -0.563. The van der Waals surface area contributed by atoms with E-state index in [0.717, 1.165) is 73.2 Å². The van der Waals surface area contributed by atoms with Crippen molar-refractivity contribution in [2.45, 2.75) is 19.3 Å². The van der Waals surface area contributed by atoms with E-state index >= 15 is 0 Å². The van der Waals surface area contributed by atoms with Gasteiger partial charge < -0.3 is 4.74 Å². The maximum Gasteiger partial charge on any atom is 0.160 e. The van der Waals surface area contributed by atoms with E-state index in [2.05, 4.69) is 170 Å². The van der Waals surface area contributed by atoms with Gasteiger partial charge >= 0.3 is 0 Å². The zero-order valence-electron chi connectivity index (χ0n) is 28.8. The lowest BCUT2D eigenvalue weighted by molar-refractivity contribution is 0.436. The summed E-state index contributed by atoms with van der Waals surface area (Å²) in [7, 11) is 0. The van der Waals surface area contributed by atoms with Crippen molar-refractivity contribution in [2.75, 3.05) is 0 Å². The number of aromatic nitrogens is 3. The van der Waals surface area contributed by atoms with Gasteiger partial charge in [0.25, 0.3) is 0 Å². The molecule has 0 atom stereocenters. The highest BCUT2D eigenvalue weighted by atomic mass is 16.5. The fourth-order valence-corrected chi connectivity index (χ4v) is 8.29. The summed E-state index contributed by atoms with van der Waals surface area (Å²) in [5.74, 6) is 2.37. The molecule has 4 heteroatoms. The van der Waals surface area contributed by atoms with E-state index < -0.39 is 5.41 Å². The Morgan fingerprint density at radius 1 is 0.404 bits per heavy atom. The van der Waals surface area contributed by atoms with E-state index in [0.29, 0.717) is 5.82 Å². The van der Waals surface area contributed by atoms with E-state index in [-0.39, 0.29) is 0 Å². The molecule has 0 fully saturated rings. The minimum Gasteiger partial charge on any atom is -0.457 e. The van der Waals surface area contributed by atoms with E-state index in [1.54, 1.807) is 0 Å². The van der Waals surface area contributed by atoms with Crippen molar-refractivity contribution in [1.82, 2.24) is 15.0 Å². The highest BCUT2D eigenvalue weighted by Gasteiger charge is 2.51. The molecule has 0 saturated carbocycles. The number of para-hydroxylation sites is 1. The lowest BCUT2D eigenvalue weighted by Crippen LogP contribution is -2.32. The largest absolute Gasteiger partial charge is 0.457 e. The van der Waals surface area contributed by atoms with Crippen molar-refractivity contribution < 1.29 is 4.74 Å². The van der Waals surface area contributed by atoms with Gasteiger partial charge in [0, 0.05) is 44.8 Å². The second-order valence-corrected chi connectivity index (χ2v) is 13.6. The number of hydrogen-bond acceptors (Lipinski definition) is 4. The maximum absolute atomic E-state index is 6.69. The van der Waals surface area contributed by atoms with Gasteiger partial charge in [-0.1, -0.05) is 127 Å². The van der Waals surface area contributed by atoms with Crippen molar-refractivity contribution in [1.29, 1.82) is 0 Å². The van der Waals surface area contributed by atoms with Crippen molar-refractivity contribution in [2.24, 2.45) is 0 Å². The number of benzene rings is 6. The van der Waals surface area contributed by atoms with Gasteiger partial charge in [-0.3, -0.25) is 4.98 Å². The number of ether oxygens (including phenoxy) is 1. The summed E-state index contributed by atoms with van der Waals surface area (Å²) in [4.78, 5) is 15.2. The SMILES string of the molecule is Cc1ccc(-c2ccc(-c3cc(-c4ccccc4)nc(-c4ccc5c(c4)C4(c6ccccc6O5)c5ccccc5-c5ccccc54)n3)cc2)c(C)n1. The number of rotatable bonds is 4. The Kier molecular flexibility index (Phi) is 6.80. The van der Waals surface area contributed by atoms with Crippen LogP contribution in [0.25, 0.3) is 56.2 Å². The number of hydrogen-bond donors (Lipinski definition) is 0. The molecule has 1 aliphatic carbocycles.